The van der Waals surface area contributed by atoms with Gasteiger partial charge >= 0.3 is 0 Å². The van der Waals surface area contributed by atoms with Gasteiger partial charge in [-0.3, -0.25) is 0 Å². The Morgan fingerprint density at radius 2 is 1.71 bits per heavy atom. The molecule has 0 radical (unpaired) electrons. The van der Waals surface area contributed by atoms with E-state index in [9.17, 15) is 0 Å². The highest BCUT2D eigenvalue weighted by atomic mass is 15.1. The zero-order chi connectivity index (χ0) is 11.2. The van der Waals surface area contributed by atoms with Gasteiger partial charge in [0.1, 0.15) is 0 Å². The van der Waals surface area contributed by atoms with E-state index in [0.29, 0.717) is 0 Å². The number of hydrogen-bond donors (Lipinski definition) is 1. The van der Waals surface area contributed by atoms with E-state index in [1.54, 1.807) is 0 Å². The molecule has 2 heteroatoms. The number of hydrogen-bond acceptors (Lipinski definition) is 2. The summed E-state index contributed by atoms with van der Waals surface area (Å²) in [4.78, 5) is 2.46. The number of nitrogens with zero attached hydrogens (tertiary/aromatic N) is 1. The minimum Gasteiger partial charge on any atom is -0.326 e. The molecule has 86 valence electrons. The van der Waals surface area contributed by atoms with E-state index in [1.807, 2.05) is 0 Å². The van der Waals surface area contributed by atoms with Crippen LogP contribution < -0.4 is 5.73 Å². The second-order valence-electron chi connectivity index (χ2n) is 5.04. The summed E-state index contributed by atoms with van der Waals surface area (Å²) in [5, 5.41) is 0. The van der Waals surface area contributed by atoms with Crippen molar-refractivity contribution in [2.45, 2.75) is 65.0 Å². The average Bonchev–Trinajstić information content (AvgIpc) is 2.04. The van der Waals surface area contributed by atoms with Gasteiger partial charge in [-0.05, 0) is 53.1 Å². The molecule has 0 aliphatic carbocycles. The maximum atomic E-state index is 5.94. The van der Waals surface area contributed by atoms with Crippen molar-refractivity contribution >= 4 is 0 Å². The molecule has 0 rings (SSSR count). The Morgan fingerprint density at radius 1 is 1.21 bits per heavy atom. The Balaban J connectivity index is 3.67. The third-order valence-electron chi connectivity index (χ3n) is 2.90. The molecule has 2 N–H and O–H groups in total. The molecule has 0 fully saturated rings. The fraction of sp³-hybridized carbons (Fsp3) is 1.00. The van der Waals surface area contributed by atoms with E-state index in [0.717, 1.165) is 12.5 Å². The Morgan fingerprint density at radius 3 is 2.07 bits per heavy atom. The molecule has 2 nitrogen and oxygen atoms in total. The molecule has 0 aromatic rings. The van der Waals surface area contributed by atoms with Gasteiger partial charge in [0.25, 0.3) is 0 Å². The second kappa shape index (κ2) is 6.41. The highest BCUT2D eigenvalue weighted by Crippen LogP contribution is 2.11. The summed E-state index contributed by atoms with van der Waals surface area (Å²) in [6.45, 7) is 9.90. The highest BCUT2D eigenvalue weighted by Gasteiger charge is 2.13. The van der Waals surface area contributed by atoms with Gasteiger partial charge in [-0.1, -0.05) is 13.8 Å². The van der Waals surface area contributed by atoms with Crippen molar-refractivity contribution in [3.8, 4) is 0 Å². The molecule has 0 aliphatic heterocycles. The smallest absolute Gasteiger partial charge is 0.00975 e. The molecular formula is C12H28N2. The highest BCUT2D eigenvalue weighted by molar-refractivity contribution is 4.73. The number of nitrogens with two attached hydrogens (primary N) is 1. The molecule has 0 saturated heterocycles. The molecule has 0 unspecified atom stereocenters. The third-order valence-corrected chi connectivity index (χ3v) is 2.90. The van der Waals surface area contributed by atoms with E-state index >= 15 is 0 Å². The summed E-state index contributed by atoms with van der Waals surface area (Å²) in [6, 6.07) is 0.746. The normalized spacial score (nSPS) is 12.9. The SMILES string of the molecule is CCC(CC)N(C)CCCC(C)(C)N. The molecule has 0 amide bonds. The standard InChI is InChI=1S/C12H28N2/c1-6-11(7-2)14(5)10-8-9-12(3,4)13/h11H,6-10,13H2,1-5H3. The van der Waals surface area contributed by atoms with Gasteiger partial charge in [-0.2, -0.15) is 0 Å². The van der Waals surface area contributed by atoms with Crippen molar-refractivity contribution in [3.05, 3.63) is 0 Å². The summed E-state index contributed by atoms with van der Waals surface area (Å²) >= 11 is 0. The van der Waals surface area contributed by atoms with Crippen molar-refractivity contribution < 1.29 is 0 Å². The van der Waals surface area contributed by atoms with Crippen LogP contribution in [0.4, 0.5) is 0 Å². The molecule has 0 saturated carbocycles. The molecule has 0 heterocycles. The fourth-order valence-corrected chi connectivity index (χ4v) is 1.88. The van der Waals surface area contributed by atoms with E-state index < -0.39 is 0 Å². The lowest BCUT2D eigenvalue weighted by Gasteiger charge is -2.27. The van der Waals surface area contributed by atoms with Crippen LogP contribution in [0.2, 0.25) is 0 Å². The van der Waals surface area contributed by atoms with Gasteiger partial charge in [-0.25, -0.2) is 0 Å². The molecule has 0 bridgehead atoms. The quantitative estimate of drug-likeness (QED) is 0.684. The molecule has 0 aliphatic rings. The Hall–Kier alpha value is -0.0800. The lowest BCUT2D eigenvalue weighted by atomic mass is 9.99. The Labute approximate surface area is 89.9 Å². The first kappa shape index (κ1) is 13.9. The van der Waals surface area contributed by atoms with Crippen molar-refractivity contribution in [2.24, 2.45) is 5.73 Å². The number of rotatable bonds is 7. The van der Waals surface area contributed by atoms with Crippen LogP contribution in [0.5, 0.6) is 0 Å². The first-order valence-corrected chi connectivity index (χ1v) is 5.89. The molecule has 0 aromatic heterocycles. The van der Waals surface area contributed by atoms with Crippen LogP contribution in [0.15, 0.2) is 0 Å². The van der Waals surface area contributed by atoms with Crippen molar-refractivity contribution in [1.82, 2.24) is 4.90 Å². The summed E-state index contributed by atoms with van der Waals surface area (Å²) in [7, 11) is 2.22. The predicted octanol–water partition coefficient (Wildman–Crippen LogP) is 2.62. The Bertz CT molecular complexity index is 134. The van der Waals surface area contributed by atoms with Gasteiger partial charge in [0.15, 0.2) is 0 Å². The van der Waals surface area contributed by atoms with Gasteiger partial charge in [0.2, 0.25) is 0 Å². The predicted molar refractivity (Wildman–Crippen MR) is 64.5 cm³/mol. The van der Waals surface area contributed by atoms with Gasteiger partial charge < -0.3 is 10.6 Å². The van der Waals surface area contributed by atoms with Crippen LogP contribution in [-0.4, -0.2) is 30.1 Å². The zero-order valence-corrected chi connectivity index (χ0v) is 10.6. The van der Waals surface area contributed by atoms with Crippen LogP contribution in [0.25, 0.3) is 0 Å². The fourth-order valence-electron chi connectivity index (χ4n) is 1.88. The summed E-state index contributed by atoms with van der Waals surface area (Å²) in [5.74, 6) is 0. The topological polar surface area (TPSA) is 29.3 Å². The molecule has 0 atom stereocenters. The minimum absolute atomic E-state index is 0.00519. The minimum atomic E-state index is -0.00519. The summed E-state index contributed by atoms with van der Waals surface area (Å²) in [6.07, 6.45) is 4.81. The van der Waals surface area contributed by atoms with E-state index in [-0.39, 0.29) is 5.54 Å². The maximum Gasteiger partial charge on any atom is 0.00975 e. The average molecular weight is 200 g/mol. The Kier molecular flexibility index (Phi) is 6.38. The lowest BCUT2D eigenvalue weighted by molar-refractivity contribution is 0.220. The third kappa shape index (κ3) is 6.39. The molecule has 0 aromatic carbocycles. The van der Waals surface area contributed by atoms with Crippen LogP contribution in [-0.2, 0) is 0 Å². The van der Waals surface area contributed by atoms with Crippen LogP contribution in [0.1, 0.15) is 53.4 Å². The molecule has 14 heavy (non-hydrogen) atoms. The summed E-state index contributed by atoms with van der Waals surface area (Å²) in [5.41, 5.74) is 5.94. The van der Waals surface area contributed by atoms with Crippen LogP contribution >= 0.6 is 0 Å². The first-order valence-electron chi connectivity index (χ1n) is 5.89. The summed E-state index contributed by atoms with van der Waals surface area (Å²) < 4.78 is 0. The van der Waals surface area contributed by atoms with Gasteiger partial charge in [0.05, 0.1) is 0 Å². The van der Waals surface area contributed by atoms with Crippen molar-refractivity contribution in [2.75, 3.05) is 13.6 Å². The maximum absolute atomic E-state index is 5.94. The largest absolute Gasteiger partial charge is 0.326 e. The second-order valence-corrected chi connectivity index (χ2v) is 5.04. The van der Waals surface area contributed by atoms with Crippen LogP contribution in [0, 0.1) is 0 Å². The van der Waals surface area contributed by atoms with Crippen LogP contribution in [0.3, 0.4) is 0 Å². The van der Waals surface area contributed by atoms with Crippen molar-refractivity contribution in [1.29, 1.82) is 0 Å². The van der Waals surface area contributed by atoms with Gasteiger partial charge in [0, 0.05) is 11.6 Å². The van der Waals surface area contributed by atoms with E-state index in [2.05, 4.69) is 39.6 Å². The first-order chi connectivity index (χ1) is 6.40. The van der Waals surface area contributed by atoms with E-state index in [4.69, 9.17) is 5.73 Å². The molecule has 0 spiro atoms. The lowest BCUT2D eigenvalue weighted by Crippen LogP contribution is -2.35. The molecular weight excluding hydrogens is 172 g/mol. The van der Waals surface area contributed by atoms with Crippen molar-refractivity contribution in [3.63, 3.8) is 0 Å². The zero-order valence-electron chi connectivity index (χ0n) is 10.6. The monoisotopic (exact) mass is 200 g/mol. The van der Waals surface area contributed by atoms with Gasteiger partial charge in [-0.15, -0.1) is 0 Å². The van der Waals surface area contributed by atoms with E-state index in [1.165, 1.54) is 25.8 Å².